The van der Waals surface area contributed by atoms with Gasteiger partial charge in [0.15, 0.2) is 0 Å². The van der Waals surface area contributed by atoms with Crippen LogP contribution in [0.5, 0.6) is 0 Å². The zero-order chi connectivity index (χ0) is 32.5. The van der Waals surface area contributed by atoms with Gasteiger partial charge in [0.2, 0.25) is 0 Å². The minimum Gasteiger partial charge on any atom is -0.481 e. The van der Waals surface area contributed by atoms with Gasteiger partial charge in [0.25, 0.3) is 0 Å². The van der Waals surface area contributed by atoms with Gasteiger partial charge in [-0.2, -0.15) is 0 Å². The van der Waals surface area contributed by atoms with Gasteiger partial charge in [0.05, 0.1) is 17.3 Å². The number of hydrogen-bond acceptors (Lipinski definition) is 4. The average molecular weight is 621 g/mol. The molecule has 0 aromatic rings. The van der Waals surface area contributed by atoms with E-state index < -0.39 is 29.2 Å². The largest absolute Gasteiger partial charge is 0.481 e. The fourth-order valence-electron chi connectivity index (χ4n) is 14.4. The molecular weight excluding hydrogens is 564 g/mol. The third kappa shape index (κ3) is 3.95. The summed E-state index contributed by atoms with van der Waals surface area (Å²) in [5, 5.41) is 20.6. The van der Waals surface area contributed by atoms with Crippen molar-refractivity contribution in [3.05, 3.63) is 24.3 Å². The molecule has 4 unspecified atom stereocenters. The lowest BCUT2D eigenvalue weighted by molar-refractivity contribution is -0.251. The van der Waals surface area contributed by atoms with E-state index >= 15 is 0 Å². The van der Waals surface area contributed by atoms with Crippen LogP contribution in [0.4, 0.5) is 0 Å². The summed E-state index contributed by atoms with van der Waals surface area (Å²) in [4.78, 5) is 38.8. The van der Waals surface area contributed by atoms with E-state index in [1.165, 1.54) is 5.57 Å². The van der Waals surface area contributed by atoms with Crippen LogP contribution < -0.4 is 0 Å². The SMILES string of the molecule is C=C(C)[C@@H]1CC[C@]2(C(=O)O)CC[C@]3(C)[C@H](CC[C@@H]4[C@@]5(C)CC[C@H](OC(=O)C6C7C=CC(C7)C6C(=O)O)C(C)(C)[C@@H]5CC[C@]43C)[C@@H]12. The molecule has 6 fully saturated rings. The summed E-state index contributed by atoms with van der Waals surface area (Å²) in [6.07, 6.45) is 14.3. The van der Waals surface area contributed by atoms with Crippen LogP contribution >= 0.6 is 0 Å². The van der Waals surface area contributed by atoms with Crippen molar-refractivity contribution in [2.75, 3.05) is 0 Å². The van der Waals surface area contributed by atoms with Crippen LogP contribution in [-0.2, 0) is 19.1 Å². The number of hydrogen-bond donors (Lipinski definition) is 2. The Labute approximate surface area is 269 Å². The van der Waals surface area contributed by atoms with Gasteiger partial charge < -0.3 is 14.9 Å². The Hall–Kier alpha value is -2.11. The van der Waals surface area contributed by atoms with Crippen molar-refractivity contribution < 1.29 is 29.3 Å². The van der Waals surface area contributed by atoms with Crippen molar-refractivity contribution in [3.63, 3.8) is 0 Å². The van der Waals surface area contributed by atoms with Gasteiger partial charge in [0, 0.05) is 5.41 Å². The molecule has 7 aliphatic carbocycles. The van der Waals surface area contributed by atoms with Gasteiger partial charge in [-0.1, -0.05) is 58.9 Å². The van der Waals surface area contributed by atoms with Crippen molar-refractivity contribution in [1.82, 2.24) is 0 Å². The zero-order valence-electron chi connectivity index (χ0n) is 28.4. The first-order valence-electron chi connectivity index (χ1n) is 18.0. The highest BCUT2D eigenvalue weighted by Gasteiger charge is 2.72. The average Bonchev–Trinajstić information content (AvgIpc) is 3.68. The first-order valence-corrected chi connectivity index (χ1v) is 18.0. The molecule has 2 bridgehead atoms. The van der Waals surface area contributed by atoms with E-state index in [0.717, 1.165) is 70.6 Å². The van der Waals surface area contributed by atoms with Crippen molar-refractivity contribution in [1.29, 1.82) is 0 Å². The molecule has 0 spiro atoms. The van der Waals surface area contributed by atoms with Crippen LogP contribution in [0.15, 0.2) is 24.3 Å². The number of allylic oxidation sites excluding steroid dienone is 3. The summed E-state index contributed by atoms with van der Waals surface area (Å²) in [7, 11) is 0. The molecule has 248 valence electrons. The smallest absolute Gasteiger partial charge is 0.310 e. The first-order chi connectivity index (χ1) is 21.0. The van der Waals surface area contributed by atoms with Crippen LogP contribution in [0.25, 0.3) is 0 Å². The second-order valence-electron chi connectivity index (χ2n) is 18.3. The minimum absolute atomic E-state index is 0.0217. The lowest BCUT2D eigenvalue weighted by Gasteiger charge is -2.72. The Kier molecular flexibility index (Phi) is 6.96. The lowest BCUT2D eigenvalue weighted by atomic mass is 9.32. The van der Waals surface area contributed by atoms with Gasteiger partial charge >= 0.3 is 17.9 Å². The molecule has 7 rings (SSSR count). The highest BCUT2D eigenvalue weighted by molar-refractivity contribution is 5.83. The van der Waals surface area contributed by atoms with E-state index in [1.54, 1.807) is 0 Å². The zero-order valence-corrected chi connectivity index (χ0v) is 28.4. The summed E-state index contributed by atoms with van der Waals surface area (Å²) < 4.78 is 6.40. The molecule has 45 heavy (non-hydrogen) atoms. The number of carbonyl (C=O) groups excluding carboxylic acids is 1. The second-order valence-corrected chi connectivity index (χ2v) is 18.3. The molecule has 0 aromatic carbocycles. The fraction of sp³-hybridized carbons (Fsp3) is 0.821. The lowest BCUT2D eigenvalue weighted by Crippen LogP contribution is -2.67. The highest BCUT2D eigenvalue weighted by Crippen LogP contribution is 2.77. The molecule has 6 nitrogen and oxygen atoms in total. The first kappa shape index (κ1) is 31.5. The second kappa shape index (κ2) is 9.95. The van der Waals surface area contributed by atoms with Gasteiger partial charge in [0.1, 0.15) is 6.10 Å². The summed E-state index contributed by atoms with van der Waals surface area (Å²) in [5.41, 5.74) is 0.668. The topological polar surface area (TPSA) is 101 Å². The third-order valence-corrected chi connectivity index (χ3v) is 16.7. The monoisotopic (exact) mass is 620 g/mol. The summed E-state index contributed by atoms with van der Waals surface area (Å²) >= 11 is 0. The summed E-state index contributed by atoms with van der Waals surface area (Å²) in [5.74, 6) is -1.27. The molecule has 0 aromatic heterocycles. The van der Waals surface area contributed by atoms with Crippen LogP contribution in [0.2, 0.25) is 0 Å². The Morgan fingerprint density at radius 1 is 0.778 bits per heavy atom. The number of esters is 1. The standard InChI is InChI=1S/C39H56O6/c1-21(2)24-12-17-39(34(43)44)19-18-37(6)25(31(24)39)10-11-27-36(5)15-14-28(35(3,4)26(36)13-16-38(27,37)7)45-33(42)30-23-9-8-22(20-23)29(30)32(40)41/h8-9,22-31H,1,10-20H2,2-7H3,(H,40,41)(H,43,44)/t22?,23?,24-,25+,26-,27+,28-,29?,30?,31+,36-,37+,38+,39-/m0/s1. The van der Waals surface area contributed by atoms with Crippen LogP contribution in [0, 0.1) is 80.3 Å². The number of fused-ring (bicyclic) bond motifs is 9. The number of carboxylic acid groups (broad SMARTS) is 2. The number of aliphatic carboxylic acids is 2. The molecule has 2 N–H and O–H groups in total. The quantitative estimate of drug-likeness (QED) is 0.238. The fourth-order valence-corrected chi connectivity index (χ4v) is 14.4. The number of ether oxygens (including phenoxy) is 1. The van der Waals surface area contributed by atoms with Crippen LogP contribution in [-0.4, -0.2) is 34.2 Å². The summed E-state index contributed by atoms with van der Waals surface area (Å²) in [6.45, 7) is 18.7. The van der Waals surface area contributed by atoms with Gasteiger partial charge in [-0.3, -0.25) is 14.4 Å². The van der Waals surface area contributed by atoms with E-state index in [1.807, 2.05) is 12.2 Å². The molecule has 7 aliphatic rings. The van der Waals surface area contributed by atoms with E-state index in [2.05, 4.69) is 48.1 Å². The molecule has 0 aliphatic heterocycles. The van der Waals surface area contributed by atoms with Gasteiger partial charge in [-0.15, -0.1) is 0 Å². The molecule has 0 saturated heterocycles. The molecule has 14 atom stereocenters. The molecule has 6 heteroatoms. The Bertz CT molecular complexity index is 1350. The molecule has 6 saturated carbocycles. The molecule has 0 amide bonds. The highest BCUT2D eigenvalue weighted by atomic mass is 16.5. The van der Waals surface area contributed by atoms with Gasteiger partial charge in [-0.25, -0.2) is 0 Å². The minimum atomic E-state index is -0.879. The predicted octanol–water partition coefficient (Wildman–Crippen LogP) is 8.16. The number of carbonyl (C=O) groups is 3. The van der Waals surface area contributed by atoms with Crippen molar-refractivity contribution in [2.45, 2.75) is 118 Å². The van der Waals surface area contributed by atoms with Crippen molar-refractivity contribution in [2.24, 2.45) is 80.3 Å². The van der Waals surface area contributed by atoms with E-state index in [4.69, 9.17) is 4.74 Å². The van der Waals surface area contributed by atoms with E-state index in [0.29, 0.717) is 23.7 Å². The maximum absolute atomic E-state index is 13.7. The van der Waals surface area contributed by atoms with Crippen LogP contribution in [0.3, 0.4) is 0 Å². The predicted molar refractivity (Wildman–Crippen MR) is 172 cm³/mol. The molecular formula is C39H56O6. The van der Waals surface area contributed by atoms with Crippen LogP contribution in [0.1, 0.15) is 112 Å². The molecule has 0 heterocycles. The Balaban J connectivity index is 1.15. The van der Waals surface area contributed by atoms with Crippen molar-refractivity contribution >= 4 is 17.9 Å². The van der Waals surface area contributed by atoms with Crippen molar-refractivity contribution in [3.8, 4) is 0 Å². The van der Waals surface area contributed by atoms with E-state index in [9.17, 15) is 24.6 Å². The van der Waals surface area contributed by atoms with Gasteiger partial charge in [-0.05, 0) is 135 Å². The van der Waals surface area contributed by atoms with E-state index in [-0.39, 0.29) is 51.5 Å². The third-order valence-electron chi connectivity index (χ3n) is 16.7. The summed E-state index contributed by atoms with van der Waals surface area (Å²) in [6, 6.07) is 0. The Morgan fingerprint density at radius 2 is 1.47 bits per heavy atom. The number of carboxylic acids is 2. The molecule has 0 radical (unpaired) electrons. The normalized spacial score (nSPS) is 52.2. The maximum atomic E-state index is 13.7. The number of rotatable bonds is 5. The maximum Gasteiger partial charge on any atom is 0.310 e. The Morgan fingerprint density at radius 3 is 2.11 bits per heavy atom.